The topological polar surface area (TPSA) is 91.3 Å². The molecule has 0 bridgehead atoms. The number of amides is 1. The summed E-state index contributed by atoms with van der Waals surface area (Å²) in [7, 11) is 1.41. The first kappa shape index (κ1) is 17.5. The summed E-state index contributed by atoms with van der Waals surface area (Å²) in [6.07, 6.45) is 1.35. The van der Waals surface area contributed by atoms with E-state index in [2.05, 4.69) is 5.32 Å². The first-order valence-electron chi connectivity index (χ1n) is 8.96. The van der Waals surface area contributed by atoms with Crippen LogP contribution in [0.15, 0.2) is 36.4 Å². The second-order valence-corrected chi connectivity index (χ2v) is 6.78. The number of para-hydroxylation sites is 1. The van der Waals surface area contributed by atoms with E-state index in [0.717, 1.165) is 18.5 Å². The van der Waals surface area contributed by atoms with Crippen LogP contribution in [-0.4, -0.2) is 47.4 Å². The van der Waals surface area contributed by atoms with Crippen LogP contribution in [0.5, 0.6) is 17.2 Å². The number of aromatic hydroxyl groups is 2. The molecule has 0 radical (unpaired) electrons. The van der Waals surface area contributed by atoms with Gasteiger partial charge in [0.25, 0.3) is 5.91 Å². The molecule has 0 unspecified atom stereocenters. The van der Waals surface area contributed by atoms with Crippen LogP contribution < -0.4 is 10.1 Å². The standard InChI is InChI=1S/C20H22N2O5/c1-26-17-10-12(9-16(23)18(17)24)19-21-15-7-3-2-6-14(15)20(25)22(19)11-13-5-4-8-27-13/h2-3,6-7,9-10,13,19,21,23-24H,4-5,8,11H2,1H3/t13-,19-/m1/s1. The molecule has 0 spiro atoms. The smallest absolute Gasteiger partial charge is 0.257 e. The third-order valence-electron chi connectivity index (χ3n) is 5.06. The summed E-state index contributed by atoms with van der Waals surface area (Å²) in [5.41, 5.74) is 1.94. The average molecular weight is 370 g/mol. The number of carbonyl (C=O) groups is 1. The van der Waals surface area contributed by atoms with Crippen molar-refractivity contribution >= 4 is 11.6 Å². The number of ether oxygens (including phenoxy) is 2. The lowest BCUT2D eigenvalue weighted by Gasteiger charge is -2.39. The molecule has 2 atom stereocenters. The molecule has 27 heavy (non-hydrogen) atoms. The predicted molar refractivity (Wildman–Crippen MR) is 99.1 cm³/mol. The summed E-state index contributed by atoms with van der Waals surface area (Å²) in [4.78, 5) is 14.9. The van der Waals surface area contributed by atoms with Crippen LogP contribution in [-0.2, 0) is 4.74 Å². The van der Waals surface area contributed by atoms with Crippen molar-refractivity contribution in [3.8, 4) is 17.2 Å². The Morgan fingerprint density at radius 2 is 2.11 bits per heavy atom. The van der Waals surface area contributed by atoms with Crippen molar-refractivity contribution in [3.63, 3.8) is 0 Å². The molecule has 4 rings (SSSR count). The van der Waals surface area contributed by atoms with Gasteiger partial charge in [0.1, 0.15) is 6.17 Å². The van der Waals surface area contributed by atoms with Crippen molar-refractivity contribution in [1.82, 2.24) is 4.90 Å². The SMILES string of the molecule is COc1cc([C@@H]2Nc3ccccc3C(=O)N2C[C@H]2CCCO2)cc(O)c1O. The van der Waals surface area contributed by atoms with Gasteiger partial charge in [-0.1, -0.05) is 12.1 Å². The number of methoxy groups -OCH3 is 1. The third-order valence-corrected chi connectivity index (χ3v) is 5.06. The van der Waals surface area contributed by atoms with E-state index in [1.54, 1.807) is 17.0 Å². The molecule has 3 N–H and O–H groups in total. The van der Waals surface area contributed by atoms with Gasteiger partial charge in [0.05, 0.1) is 18.8 Å². The molecule has 2 aliphatic rings. The molecule has 7 heteroatoms. The lowest BCUT2D eigenvalue weighted by Crippen LogP contribution is -2.46. The molecule has 7 nitrogen and oxygen atoms in total. The minimum absolute atomic E-state index is 0.0175. The summed E-state index contributed by atoms with van der Waals surface area (Å²) >= 11 is 0. The highest BCUT2D eigenvalue weighted by molar-refractivity contribution is 6.01. The molecular weight excluding hydrogens is 348 g/mol. The monoisotopic (exact) mass is 370 g/mol. The summed E-state index contributed by atoms with van der Waals surface area (Å²) in [5.74, 6) is -0.574. The van der Waals surface area contributed by atoms with Gasteiger partial charge in [0, 0.05) is 24.4 Å². The quantitative estimate of drug-likeness (QED) is 0.717. The van der Waals surface area contributed by atoms with Crippen LogP contribution in [0.1, 0.15) is 34.9 Å². The summed E-state index contributed by atoms with van der Waals surface area (Å²) < 4.78 is 10.9. The molecule has 1 amide bonds. The van der Waals surface area contributed by atoms with E-state index in [4.69, 9.17) is 9.47 Å². The maximum atomic E-state index is 13.2. The molecule has 0 aliphatic carbocycles. The number of nitrogens with zero attached hydrogens (tertiary/aromatic N) is 1. The molecule has 1 saturated heterocycles. The Morgan fingerprint density at radius 3 is 2.85 bits per heavy atom. The van der Waals surface area contributed by atoms with Crippen molar-refractivity contribution in [2.75, 3.05) is 25.6 Å². The largest absolute Gasteiger partial charge is 0.504 e. The number of fused-ring (bicyclic) bond motifs is 1. The maximum Gasteiger partial charge on any atom is 0.257 e. The van der Waals surface area contributed by atoms with Crippen LogP contribution in [0.25, 0.3) is 0 Å². The van der Waals surface area contributed by atoms with Crippen LogP contribution in [0.3, 0.4) is 0 Å². The van der Waals surface area contributed by atoms with Gasteiger partial charge in [-0.25, -0.2) is 0 Å². The molecule has 0 saturated carbocycles. The van der Waals surface area contributed by atoms with Crippen molar-refractivity contribution in [3.05, 3.63) is 47.5 Å². The van der Waals surface area contributed by atoms with E-state index in [1.807, 2.05) is 18.2 Å². The number of carbonyl (C=O) groups excluding carboxylic acids is 1. The number of nitrogens with one attached hydrogen (secondary N) is 1. The first-order valence-corrected chi connectivity index (χ1v) is 8.96. The number of rotatable bonds is 4. The Morgan fingerprint density at radius 1 is 1.30 bits per heavy atom. The van der Waals surface area contributed by atoms with Gasteiger partial charge in [0.2, 0.25) is 5.75 Å². The molecule has 2 aromatic carbocycles. The van der Waals surface area contributed by atoms with Crippen molar-refractivity contribution in [2.45, 2.75) is 25.1 Å². The van der Waals surface area contributed by atoms with Gasteiger partial charge >= 0.3 is 0 Å². The van der Waals surface area contributed by atoms with Gasteiger partial charge in [0.15, 0.2) is 11.5 Å². The van der Waals surface area contributed by atoms with Gasteiger partial charge in [-0.3, -0.25) is 4.79 Å². The Balaban J connectivity index is 1.76. The number of hydrogen-bond donors (Lipinski definition) is 3. The predicted octanol–water partition coefficient (Wildman–Crippen LogP) is 2.85. The Kier molecular flexibility index (Phi) is 4.53. The lowest BCUT2D eigenvalue weighted by molar-refractivity contribution is 0.0426. The molecule has 142 valence electrons. The van der Waals surface area contributed by atoms with Gasteiger partial charge < -0.3 is 29.9 Å². The van der Waals surface area contributed by atoms with Crippen LogP contribution in [0, 0.1) is 0 Å². The fraction of sp³-hybridized carbons (Fsp3) is 0.350. The normalized spacial score (nSPS) is 21.7. The zero-order valence-electron chi connectivity index (χ0n) is 15.0. The van der Waals surface area contributed by atoms with Crippen LogP contribution in [0.4, 0.5) is 5.69 Å². The first-order chi connectivity index (χ1) is 13.1. The molecule has 0 aromatic heterocycles. The highest BCUT2D eigenvalue weighted by atomic mass is 16.5. The fourth-order valence-corrected chi connectivity index (χ4v) is 3.68. The summed E-state index contributed by atoms with van der Waals surface area (Å²) in [6.45, 7) is 1.14. The van der Waals surface area contributed by atoms with E-state index in [0.29, 0.717) is 24.3 Å². The van der Waals surface area contributed by atoms with E-state index >= 15 is 0 Å². The second kappa shape index (κ2) is 7.00. The number of benzene rings is 2. The van der Waals surface area contributed by atoms with Crippen LogP contribution >= 0.6 is 0 Å². The van der Waals surface area contributed by atoms with Crippen LogP contribution in [0.2, 0.25) is 0 Å². The molecule has 1 fully saturated rings. The minimum atomic E-state index is -0.517. The molecule has 2 aliphatic heterocycles. The highest BCUT2D eigenvalue weighted by Crippen LogP contribution is 2.41. The minimum Gasteiger partial charge on any atom is -0.504 e. The molecule has 2 heterocycles. The van der Waals surface area contributed by atoms with Gasteiger partial charge in [-0.15, -0.1) is 0 Å². The van der Waals surface area contributed by atoms with E-state index in [-0.39, 0.29) is 29.3 Å². The van der Waals surface area contributed by atoms with E-state index in [9.17, 15) is 15.0 Å². The molecular formula is C20H22N2O5. The lowest BCUT2D eigenvalue weighted by atomic mass is 10.0. The van der Waals surface area contributed by atoms with E-state index < -0.39 is 6.17 Å². The summed E-state index contributed by atoms with van der Waals surface area (Å²) in [5, 5.41) is 23.4. The zero-order chi connectivity index (χ0) is 19.0. The second-order valence-electron chi connectivity index (χ2n) is 6.78. The number of phenols is 2. The van der Waals surface area contributed by atoms with Gasteiger partial charge in [-0.2, -0.15) is 0 Å². The summed E-state index contributed by atoms with van der Waals surface area (Å²) in [6, 6.07) is 10.4. The Labute approximate surface area is 157 Å². The fourth-order valence-electron chi connectivity index (χ4n) is 3.68. The molecule has 2 aromatic rings. The highest BCUT2D eigenvalue weighted by Gasteiger charge is 2.35. The third kappa shape index (κ3) is 3.14. The van der Waals surface area contributed by atoms with Crippen molar-refractivity contribution in [1.29, 1.82) is 0 Å². The van der Waals surface area contributed by atoms with Crippen molar-refractivity contribution < 1.29 is 24.5 Å². The maximum absolute atomic E-state index is 13.2. The number of phenolic OH excluding ortho intramolecular Hbond substituents is 2. The Hall–Kier alpha value is -2.93. The zero-order valence-corrected chi connectivity index (χ0v) is 15.0. The van der Waals surface area contributed by atoms with Crippen molar-refractivity contribution in [2.24, 2.45) is 0 Å². The number of anilines is 1. The number of hydrogen-bond acceptors (Lipinski definition) is 6. The van der Waals surface area contributed by atoms with E-state index in [1.165, 1.54) is 13.2 Å². The average Bonchev–Trinajstić information content (AvgIpc) is 3.19. The van der Waals surface area contributed by atoms with Gasteiger partial charge in [-0.05, 0) is 37.1 Å². The Bertz CT molecular complexity index is 863.